The van der Waals surface area contributed by atoms with Gasteiger partial charge in [0.1, 0.15) is 35.0 Å². The molecule has 10 nitrogen and oxygen atoms in total. The fourth-order valence-corrected chi connectivity index (χ4v) is 4.63. The summed E-state index contributed by atoms with van der Waals surface area (Å²) in [5, 5.41) is 13.3. The molecule has 2 aromatic carbocycles. The number of oxazole rings is 1. The van der Waals surface area contributed by atoms with E-state index in [0.717, 1.165) is 18.2 Å². The smallest absolute Gasteiger partial charge is 0.424 e. The Hall–Kier alpha value is -4.98. The third kappa shape index (κ3) is 5.14. The molecule has 2 aromatic heterocycles. The number of hydrogen-bond acceptors (Lipinski definition) is 8. The largest absolute Gasteiger partial charge is 0.496 e. The summed E-state index contributed by atoms with van der Waals surface area (Å²) < 4.78 is 73.6. The number of aliphatic hydroxyl groups is 1. The van der Waals surface area contributed by atoms with Gasteiger partial charge in [-0.25, -0.2) is 14.4 Å². The first-order valence-corrected chi connectivity index (χ1v) is 12.7. The summed E-state index contributed by atoms with van der Waals surface area (Å²) in [7, 11) is 1.33. The van der Waals surface area contributed by atoms with Crippen molar-refractivity contribution in [2.75, 3.05) is 20.3 Å². The van der Waals surface area contributed by atoms with Crippen LogP contribution in [0.1, 0.15) is 28.5 Å². The quantitative estimate of drug-likeness (QED) is 0.258. The van der Waals surface area contributed by atoms with Crippen LogP contribution in [-0.2, 0) is 15.8 Å². The second-order valence-electron chi connectivity index (χ2n) is 10.0. The highest BCUT2D eigenvalue weighted by atomic mass is 19.4. The van der Waals surface area contributed by atoms with Crippen LogP contribution in [0.5, 0.6) is 11.5 Å². The van der Waals surface area contributed by atoms with Crippen molar-refractivity contribution in [3.63, 3.8) is 0 Å². The van der Waals surface area contributed by atoms with Crippen molar-refractivity contribution in [2.45, 2.75) is 24.1 Å². The van der Waals surface area contributed by atoms with Crippen molar-refractivity contribution >= 4 is 11.8 Å². The number of hydrogen-bond donors (Lipinski definition) is 3. The molecule has 224 valence electrons. The number of nitrogens with zero attached hydrogens (tertiary/aromatic N) is 2. The van der Waals surface area contributed by atoms with Crippen LogP contribution in [0.15, 0.2) is 65.5 Å². The van der Waals surface area contributed by atoms with E-state index in [1.165, 1.54) is 57.0 Å². The van der Waals surface area contributed by atoms with Gasteiger partial charge in [-0.1, -0.05) is 0 Å². The van der Waals surface area contributed by atoms with Crippen LogP contribution in [0.4, 0.5) is 17.6 Å². The minimum absolute atomic E-state index is 0.0378. The number of methoxy groups -OCH3 is 1. The van der Waals surface area contributed by atoms with Crippen LogP contribution < -0.4 is 20.5 Å². The maximum atomic E-state index is 14.6. The zero-order chi connectivity index (χ0) is 31.2. The van der Waals surface area contributed by atoms with E-state index in [9.17, 15) is 32.3 Å². The summed E-state index contributed by atoms with van der Waals surface area (Å²) >= 11 is 0. The molecule has 14 heteroatoms. The van der Waals surface area contributed by atoms with Gasteiger partial charge in [0.25, 0.3) is 5.91 Å². The minimum Gasteiger partial charge on any atom is -0.496 e. The molecule has 43 heavy (non-hydrogen) atoms. The molecule has 4 aromatic rings. The number of carbonyl (C=O) groups is 2. The molecular formula is C29H24F4N4O6. The maximum absolute atomic E-state index is 14.6. The zero-order valence-corrected chi connectivity index (χ0v) is 22.7. The monoisotopic (exact) mass is 600 g/mol. The third-order valence-corrected chi connectivity index (χ3v) is 7.29. The number of nitrogens with one attached hydrogen (secondary N) is 1. The van der Waals surface area contributed by atoms with Crippen molar-refractivity contribution in [3.05, 3.63) is 83.8 Å². The van der Waals surface area contributed by atoms with E-state index >= 15 is 0 Å². The fraction of sp³-hybridized carbons (Fsp3) is 0.241. The number of benzene rings is 2. The van der Waals surface area contributed by atoms with Crippen LogP contribution >= 0.6 is 0 Å². The van der Waals surface area contributed by atoms with Crippen molar-refractivity contribution < 1.29 is 46.1 Å². The number of nitrogens with two attached hydrogens (primary N) is 1. The van der Waals surface area contributed by atoms with Gasteiger partial charge in [-0.3, -0.25) is 9.59 Å². The summed E-state index contributed by atoms with van der Waals surface area (Å²) in [6.45, 7) is -0.280. The average Bonchev–Trinajstić information content (AvgIpc) is 3.64. The predicted octanol–water partition coefficient (Wildman–Crippen LogP) is 3.87. The van der Waals surface area contributed by atoms with E-state index in [-0.39, 0.29) is 40.5 Å². The number of rotatable bonds is 8. The normalized spacial score (nSPS) is 17.5. The molecule has 0 spiro atoms. The molecule has 1 aliphatic heterocycles. The second kappa shape index (κ2) is 10.7. The summed E-state index contributed by atoms with van der Waals surface area (Å²) in [5.41, 5.74) is -0.376. The molecule has 2 amide bonds. The van der Waals surface area contributed by atoms with E-state index in [1.54, 1.807) is 0 Å². The summed E-state index contributed by atoms with van der Waals surface area (Å²) in [6.07, 6.45) is -2.75. The van der Waals surface area contributed by atoms with E-state index < -0.39 is 47.1 Å². The first-order valence-electron chi connectivity index (χ1n) is 12.7. The number of halogens is 4. The second-order valence-corrected chi connectivity index (χ2v) is 10.0. The van der Waals surface area contributed by atoms with Crippen LogP contribution in [0.2, 0.25) is 0 Å². The highest BCUT2D eigenvalue weighted by molar-refractivity contribution is 5.95. The topological polar surface area (TPSA) is 150 Å². The molecule has 1 aliphatic rings. The minimum atomic E-state index is -5.36. The molecule has 0 aliphatic carbocycles. The summed E-state index contributed by atoms with van der Waals surface area (Å²) in [5.74, 6) is -1.98. The van der Waals surface area contributed by atoms with Crippen LogP contribution in [0.3, 0.4) is 0 Å². The zero-order valence-electron chi connectivity index (χ0n) is 22.7. The number of amides is 2. The number of primary amides is 1. The predicted molar refractivity (Wildman–Crippen MR) is 142 cm³/mol. The van der Waals surface area contributed by atoms with E-state index in [0.29, 0.717) is 11.3 Å². The molecular weight excluding hydrogens is 576 g/mol. The number of carbonyl (C=O) groups excluding carboxylic acids is 2. The lowest BCUT2D eigenvalue weighted by molar-refractivity contribution is -0.265. The Bertz CT molecular complexity index is 1690. The van der Waals surface area contributed by atoms with Gasteiger partial charge in [-0.2, -0.15) is 13.2 Å². The third-order valence-electron chi connectivity index (χ3n) is 7.29. The summed E-state index contributed by atoms with van der Waals surface area (Å²) in [6, 6.07) is 9.62. The maximum Gasteiger partial charge on any atom is 0.424 e. The first-order chi connectivity index (χ1) is 20.3. The van der Waals surface area contributed by atoms with Gasteiger partial charge in [-0.05, 0) is 55.5 Å². The lowest BCUT2D eigenvalue weighted by Gasteiger charge is -2.31. The Balaban J connectivity index is 1.55. The average molecular weight is 601 g/mol. The Morgan fingerprint density at radius 3 is 2.49 bits per heavy atom. The van der Waals surface area contributed by atoms with Gasteiger partial charge >= 0.3 is 6.18 Å². The number of pyridine rings is 1. The lowest BCUT2D eigenvalue weighted by atomic mass is 9.81. The molecule has 0 bridgehead atoms. The number of fused-ring (bicyclic) bond motifs is 1. The Labute approximate surface area is 241 Å². The first kappa shape index (κ1) is 29.5. The van der Waals surface area contributed by atoms with Gasteiger partial charge in [0.15, 0.2) is 12.2 Å². The van der Waals surface area contributed by atoms with Crippen molar-refractivity contribution in [2.24, 2.45) is 5.73 Å². The Morgan fingerprint density at radius 1 is 1.16 bits per heavy atom. The van der Waals surface area contributed by atoms with Crippen molar-refractivity contribution in [1.82, 2.24) is 15.3 Å². The molecule has 5 rings (SSSR count). The van der Waals surface area contributed by atoms with Crippen LogP contribution in [-0.4, -0.2) is 53.3 Å². The van der Waals surface area contributed by atoms with Gasteiger partial charge in [0.05, 0.1) is 31.1 Å². The SMILES string of the molecule is COc1cc(C(=O)NC[C@](O)(c2cc3c(c(-c4ccc(F)cc4)n2)OC[C@]3(C)C(N)=O)C(F)(F)F)ccc1-c1cnco1. The standard InChI is InChI=1S/C29H24F4N4O6/c1-27(26(34)39)13-42-24-19(27)10-22(37-23(24)15-3-6-17(30)7-4-15)28(40,29(31,32)33)12-36-25(38)16-5-8-18(20(9-16)41-2)21-11-35-14-43-21/h3-11,14,40H,12-13H2,1-2H3,(H2,34,39)(H,36,38)/t27-,28-/m0/s1. The Kier molecular flexibility index (Phi) is 7.34. The van der Waals surface area contributed by atoms with Gasteiger partial charge < -0.3 is 30.0 Å². The number of ether oxygens (including phenoxy) is 2. The van der Waals surface area contributed by atoms with Gasteiger partial charge in [0, 0.05) is 16.7 Å². The van der Waals surface area contributed by atoms with Gasteiger partial charge in [-0.15, -0.1) is 0 Å². The fourth-order valence-electron chi connectivity index (χ4n) is 4.63. The van der Waals surface area contributed by atoms with Crippen molar-refractivity contribution in [1.29, 1.82) is 0 Å². The highest BCUT2D eigenvalue weighted by Gasteiger charge is 2.57. The molecule has 4 N–H and O–H groups in total. The van der Waals surface area contributed by atoms with Crippen molar-refractivity contribution in [3.8, 4) is 34.1 Å². The highest BCUT2D eigenvalue weighted by Crippen LogP contribution is 2.47. The molecule has 0 fully saturated rings. The number of aromatic nitrogens is 2. The summed E-state index contributed by atoms with van der Waals surface area (Å²) in [4.78, 5) is 33.3. The lowest BCUT2D eigenvalue weighted by Crippen LogP contribution is -2.51. The molecule has 0 saturated heterocycles. The van der Waals surface area contributed by atoms with E-state index in [4.69, 9.17) is 19.6 Å². The van der Waals surface area contributed by atoms with E-state index in [2.05, 4.69) is 15.3 Å². The van der Waals surface area contributed by atoms with Gasteiger partial charge in [0.2, 0.25) is 11.5 Å². The molecule has 0 radical (unpaired) electrons. The molecule has 0 saturated carbocycles. The number of alkyl halides is 3. The Morgan fingerprint density at radius 2 is 1.88 bits per heavy atom. The molecule has 2 atom stereocenters. The molecule has 0 unspecified atom stereocenters. The van der Waals surface area contributed by atoms with Crippen LogP contribution in [0.25, 0.3) is 22.6 Å². The van der Waals surface area contributed by atoms with E-state index in [1.807, 2.05) is 0 Å². The van der Waals surface area contributed by atoms with Crippen LogP contribution in [0, 0.1) is 5.82 Å². The molecule has 3 heterocycles.